The first kappa shape index (κ1) is 17.2. The molecule has 0 saturated carbocycles. The molecule has 0 aromatic heterocycles. The second kappa shape index (κ2) is 7.40. The summed E-state index contributed by atoms with van der Waals surface area (Å²) in [5.74, 6) is -0.805. The van der Waals surface area contributed by atoms with Gasteiger partial charge in [0.1, 0.15) is 5.84 Å². The van der Waals surface area contributed by atoms with Crippen molar-refractivity contribution in [3.05, 3.63) is 23.9 Å². The van der Waals surface area contributed by atoms with Crippen molar-refractivity contribution < 1.29 is 23.1 Å². The molecule has 0 bridgehead atoms. The molecule has 0 radical (unpaired) electrons. The number of unbranched alkanes of at least 4 members (excludes halogenated alkanes) is 2. The van der Waals surface area contributed by atoms with Gasteiger partial charge in [0.2, 0.25) is 0 Å². The Labute approximate surface area is 134 Å². The minimum absolute atomic E-state index is 0.0701. The minimum atomic E-state index is -3.40. The van der Waals surface area contributed by atoms with Gasteiger partial charge in [-0.05, 0) is 25.0 Å². The SMILES string of the molecule is O=C(O)CCCCCNC(=O)C1=CN2CCS(=O)(=O)N=C2C=C1. The van der Waals surface area contributed by atoms with Crippen LogP contribution in [0.3, 0.4) is 0 Å². The third kappa shape index (κ3) is 5.20. The zero-order valence-corrected chi connectivity index (χ0v) is 13.4. The lowest BCUT2D eigenvalue weighted by atomic mass is 10.1. The topological polar surface area (TPSA) is 116 Å². The molecule has 9 heteroatoms. The molecule has 1 amide bonds. The number of hydrogen-bond donors (Lipinski definition) is 2. The predicted molar refractivity (Wildman–Crippen MR) is 84.3 cm³/mol. The highest BCUT2D eigenvalue weighted by molar-refractivity contribution is 7.90. The fourth-order valence-corrected chi connectivity index (χ4v) is 3.19. The Bertz CT molecular complexity index is 679. The highest BCUT2D eigenvalue weighted by atomic mass is 32.2. The zero-order chi connectivity index (χ0) is 16.9. The Morgan fingerprint density at radius 2 is 2.04 bits per heavy atom. The van der Waals surface area contributed by atoms with Crippen LogP contribution in [0.1, 0.15) is 25.7 Å². The van der Waals surface area contributed by atoms with Crippen LogP contribution in [0.4, 0.5) is 0 Å². The molecular formula is C14H19N3O5S. The molecule has 0 spiro atoms. The Kier molecular flexibility index (Phi) is 5.54. The van der Waals surface area contributed by atoms with Gasteiger partial charge >= 0.3 is 5.97 Å². The van der Waals surface area contributed by atoms with Crippen molar-refractivity contribution in [2.75, 3.05) is 18.8 Å². The zero-order valence-electron chi connectivity index (χ0n) is 12.6. The number of carbonyl (C=O) groups is 2. The van der Waals surface area contributed by atoms with Crippen LogP contribution >= 0.6 is 0 Å². The number of sulfonamides is 1. The Morgan fingerprint density at radius 3 is 2.78 bits per heavy atom. The molecule has 0 aromatic carbocycles. The van der Waals surface area contributed by atoms with Crippen LogP contribution in [-0.2, 0) is 19.6 Å². The normalized spacial score (nSPS) is 18.7. The van der Waals surface area contributed by atoms with Crippen molar-refractivity contribution in [2.45, 2.75) is 25.7 Å². The fourth-order valence-electron chi connectivity index (χ4n) is 2.22. The molecular weight excluding hydrogens is 322 g/mol. The van der Waals surface area contributed by atoms with Crippen LogP contribution < -0.4 is 5.32 Å². The Hall–Kier alpha value is -2.16. The Balaban J connectivity index is 1.80. The van der Waals surface area contributed by atoms with Crippen LogP contribution in [0.15, 0.2) is 28.3 Å². The van der Waals surface area contributed by atoms with Gasteiger partial charge < -0.3 is 15.3 Å². The Morgan fingerprint density at radius 1 is 1.26 bits per heavy atom. The maximum Gasteiger partial charge on any atom is 0.303 e. The summed E-state index contributed by atoms with van der Waals surface area (Å²) in [7, 11) is -3.40. The van der Waals surface area contributed by atoms with Crippen molar-refractivity contribution in [1.29, 1.82) is 0 Å². The fraction of sp³-hybridized carbons (Fsp3) is 0.500. The average Bonchev–Trinajstić information content (AvgIpc) is 2.49. The second-order valence-electron chi connectivity index (χ2n) is 5.31. The molecule has 0 fully saturated rings. The molecule has 0 atom stereocenters. The number of rotatable bonds is 7. The van der Waals surface area contributed by atoms with E-state index in [2.05, 4.69) is 9.71 Å². The lowest BCUT2D eigenvalue weighted by molar-refractivity contribution is -0.137. The van der Waals surface area contributed by atoms with Crippen LogP contribution in [0.5, 0.6) is 0 Å². The third-order valence-electron chi connectivity index (χ3n) is 3.44. The van der Waals surface area contributed by atoms with E-state index in [9.17, 15) is 18.0 Å². The molecule has 0 unspecified atom stereocenters. The lowest BCUT2D eigenvalue weighted by Gasteiger charge is -2.26. The summed E-state index contributed by atoms with van der Waals surface area (Å²) in [5, 5.41) is 11.3. The van der Waals surface area contributed by atoms with Crippen molar-refractivity contribution in [2.24, 2.45) is 4.40 Å². The molecule has 2 rings (SSSR count). The van der Waals surface area contributed by atoms with Crippen molar-refractivity contribution in [1.82, 2.24) is 10.2 Å². The quantitative estimate of drug-likeness (QED) is 0.641. The number of amidine groups is 1. The molecule has 2 aliphatic heterocycles. The summed E-state index contributed by atoms with van der Waals surface area (Å²) < 4.78 is 26.5. The first-order valence-electron chi connectivity index (χ1n) is 7.36. The van der Waals surface area contributed by atoms with E-state index in [1.807, 2.05) is 0 Å². The van der Waals surface area contributed by atoms with E-state index in [-0.39, 0.29) is 24.6 Å². The van der Waals surface area contributed by atoms with E-state index in [4.69, 9.17) is 5.11 Å². The summed E-state index contributed by atoms with van der Waals surface area (Å²) in [4.78, 5) is 24.0. The van der Waals surface area contributed by atoms with Crippen LogP contribution in [0, 0.1) is 0 Å². The van der Waals surface area contributed by atoms with Gasteiger partial charge in [-0.3, -0.25) is 9.59 Å². The van der Waals surface area contributed by atoms with Gasteiger partial charge in [-0.15, -0.1) is 4.40 Å². The summed E-state index contributed by atoms with van der Waals surface area (Å²) in [5.41, 5.74) is 0.439. The third-order valence-corrected chi connectivity index (χ3v) is 4.60. The van der Waals surface area contributed by atoms with Crippen molar-refractivity contribution >= 4 is 27.7 Å². The molecule has 0 aliphatic carbocycles. The van der Waals surface area contributed by atoms with E-state index < -0.39 is 16.0 Å². The largest absolute Gasteiger partial charge is 0.481 e. The van der Waals surface area contributed by atoms with E-state index in [0.29, 0.717) is 30.8 Å². The number of fused-ring (bicyclic) bond motifs is 1. The molecule has 2 N–H and O–H groups in total. The highest BCUT2D eigenvalue weighted by Gasteiger charge is 2.24. The first-order chi connectivity index (χ1) is 10.9. The number of nitrogens with zero attached hydrogens (tertiary/aromatic N) is 2. The maximum atomic E-state index is 12.0. The molecule has 0 aromatic rings. The van der Waals surface area contributed by atoms with Gasteiger partial charge in [-0.1, -0.05) is 6.42 Å². The van der Waals surface area contributed by atoms with E-state index >= 15 is 0 Å². The maximum absolute atomic E-state index is 12.0. The van der Waals surface area contributed by atoms with Gasteiger partial charge in [0.05, 0.1) is 11.3 Å². The predicted octanol–water partition coefficient (Wildman–Crippen LogP) is 0.245. The van der Waals surface area contributed by atoms with Crippen LogP contribution in [0.2, 0.25) is 0 Å². The number of amides is 1. The van der Waals surface area contributed by atoms with Crippen molar-refractivity contribution in [3.63, 3.8) is 0 Å². The van der Waals surface area contributed by atoms with Gasteiger partial charge in [0.25, 0.3) is 15.9 Å². The summed E-state index contributed by atoms with van der Waals surface area (Å²) in [6, 6.07) is 0. The minimum Gasteiger partial charge on any atom is -0.481 e. The smallest absolute Gasteiger partial charge is 0.303 e. The van der Waals surface area contributed by atoms with Gasteiger partial charge in [0.15, 0.2) is 0 Å². The molecule has 2 aliphatic rings. The standard InChI is InChI=1S/C14H19N3O5S/c18-13(19)4-2-1-3-7-15-14(20)11-5-6-12-16-23(21,22)9-8-17(12)10-11/h5-6,10H,1-4,7-9H2,(H,15,20)(H,18,19). The van der Waals surface area contributed by atoms with Crippen molar-refractivity contribution in [3.8, 4) is 0 Å². The van der Waals surface area contributed by atoms with E-state index in [1.165, 1.54) is 12.2 Å². The number of nitrogens with one attached hydrogen (secondary N) is 1. The summed E-state index contributed by atoms with van der Waals surface area (Å²) in [6.07, 6.45) is 6.83. The van der Waals surface area contributed by atoms with E-state index in [1.54, 1.807) is 11.1 Å². The highest BCUT2D eigenvalue weighted by Crippen LogP contribution is 2.15. The van der Waals surface area contributed by atoms with Gasteiger partial charge in [0, 0.05) is 25.7 Å². The number of carboxylic acid groups (broad SMARTS) is 1. The number of carboxylic acids is 1. The second-order valence-corrected chi connectivity index (χ2v) is 7.06. The summed E-state index contributed by atoms with van der Waals surface area (Å²) >= 11 is 0. The number of carbonyl (C=O) groups excluding carboxylic acids is 1. The molecule has 0 saturated heterocycles. The monoisotopic (exact) mass is 341 g/mol. The molecule has 2 heterocycles. The summed E-state index contributed by atoms with van der Waals surface area (Å²) in [6.45, 7) is 0.746. The van der Waals surface area contributed by atoms with Crippen LogP contribution in [0.25, 0.3) is 0 Å². The van der Waals surface area contributed by atoms with Crippen LogP contribution in [-0.4, -0.2) is 55.0 Å². The number of hydrogen-bond acceptors (Lipinski definition) is 5. The first-order valence-corrected chi connectivity index (χ1v) is 8.97. The van der Waals surface area contributed by atoms with Gasteiger partial charge in [-0.2, -0.15) is 0 Å². The average molecular weight is 341 g/mol. The molecule has 8 nitrogen and oxygen atoms in total. The molecule has 23 heavy (non-hydrogen) atoms. The van der Waals surface area contributed by atoms with E-state index in [0.717, 1.165) is 6.42 Å². The molecule has 126 valence electrons. The number of aliphatic carboxylic acids is 1. The lowest BCUT2D eigenvalue weighted by Crippen LogP contribution is -2.38. The van der Waals surface area contributed by atoms with Gasteiger partial charge in [-0.25, -0.2) is 8.42 Å².